The molecule has 6 nitrogen and oxygen atoms in total. The molecule has 1 amide bonds. The molecule has 1 saturated heterocycles. The molecule has 3 heterocycles. The minimum Gasteiger partial charge on any atom is -0.368 e. The largest absolute Gasteiger partial charge is 0.416 e. The number of amides is 1. The molecule has 0 bridgehead atoms. The normalized spacial score (nSPS) is 20.9. The molecule has 0 spiro atoms. The highest BCUT2D eigenvalue weighted by molar-refractivity contribution is 7.17. The van der Waals surface area contributed by atoms with E-state index in [-0.39, 0.29) is 11.8 Å². The van der Waals surface area contributed by atoms with Crippen LogP contribution in [0.4, 0.5) is 18.9 Å². The second-order valence-electron chi connectivity index (χ2n) is 9.49. The third kappa shape index (κ3) is 5.81. The van der Waals surface area contributed by atoms with Crippen LogP contribution < -0.4 is 10.2 Å². The van der Waals surface area contributed by atoms with Gasteiger partial charge in [0.15, 0.2) is 0 Å². The number of fused-ring (bicyclic) bond motifs is 1. The average Bonchev–Trinajstić information content (AvgIpc) is 3.22. The number of piperazine rings is 1. The van der Waals surface area contributed by atoms with Gasteiger partial charge in [0, 0.05) is 73.0 Å². The van der Waals surface area contributed by atoms with Gasteiger partial charge in [0.1, 0.15) is 0 Å². The zero-order valence-corrected chi connectivity index (χ0v) is 20.3. The van der Waals surface area contributed by atoms with E-state index in [1.807, 2.05) is 16.1 Å². The monoisotopic (exact) mass is 505 g/mol. The molecule has 1 aliphatic carbocycles. The molecule has 1 N–H and O–H groups in total. The Balaban J connectivity index is 1.02. The summed E-state index contributed by atoms with van der Waals surface area (Å²) in [5, 5.41) is 5.94. The number of imidazole rings is 1. The number of anilines is 1. The minimum atomic E-state index is -4.31. The van der Waals surface area contributed by atoms with Crippen molar-refractivity contribution in [3.05, 3.63) is 47.9 Å². The van der Waals surface area contributed by atoms with Crippen LogP contribution >= 0.6 is 11.3 Å². The fourth-order valence-electron chi connectivity index (χ4n) is 4.91. The molecular weight excluding hydrogens is 475 g/mol. The van der Waals surface area contributed by atoms with Crippen molar-refractivity contribution in [2.45, 2.75) is 32.0 Å². The van der Waals surface area contributed by atoms with Crippen molar-refractivity contribution in [2.24, 2.45) is 11.8 Å². The summed E-state index contributed by atoms with van der Waals surface area (Å²) >= 11 is 1.37. The quantitative estimate of drug-likeness (QED) is 0.436. The molecular formula is C25H30F3N5OS. The van der Waals surface area contributed by atoms with Gasteiger partial charge in [-0.1, -0.05) is 6.07 Å². The van der Waals surface area contributed by atoms with Gasteiger partial charge in [-0.25, -0.2) is 4.98 Å². The van der Waals surface area contributed by atoms with E-state index in [2.05, 4.69) is 20.1 Å². The van der Waals surface area contributed by atoms with Crippen molar-refractivity contribution in [1.82, 2.24) is 19.8 Å². The van der Waals surface area contributed by atoms with E-state index < -0.39 is 11.7 Å². The number of nitrogens with zero attached hydrogens (tertiary/aromatic N) is 4. The summed E-state index contributed by atoms with van der Waals surface area (Å²) in [5.41, 5.74) is 0.440. The number of benzene rings is 1. The average molecular weight is 506 g/mol. The Labute approximate surface area is 206 Å². The number of alkyl halides is 3. The van der Waals surface area contributed by atoms with Crippen molar-refractivity contribution >= 4 is 33.0 Å². The molecule has 0 radical (unpaired) electrons. The summed E-state index contributed by atoms with van der Waals surface area (Å²) in [6, 6.07) is 4.03. The Morgan fingerprint density at radius 3 is 2.74 bits per heavy atom. The summed E-state index contributed by atoms with van der Waals surface area (Å²) < 4.78 is 41.7. The summed E-state index contributed by atoms with van der Waals surface area (Å²) in [6.45, 7) is 6.11. The maximum Gasteiger partial charge on any atom is 0.416 e. The predicted octanol–water partition coefficient (Wildman–Crippen LogP) is 4.47. The smallest absolute Gasteiger partial charge is 0.368 e. The van der Waals surface area contributed by atoms with E-state index in [0.29, 0.717) is 17.2 Å². The summed E-state index contributed by atoms with van der Waals surface area (Å²) in [5.74, 6) is 0.817. The van der Waals surface area contributed by atoms with Crippen LogP contribution in [0, 0.1) is 11.8 Å². The minimum absolute atomic E-state index is 0.156. The Morgan fingerprint density at radius 1 is 1.17 bits per heavy atom. The number of hydrogen-bond donors (Lipinski definition) is 1. The van der Waals surface area contributed by atoms with Crippen LogP contribution in [-0.2, 0) is 17.5 Å². The topological polar surface area (TPSA) is 53.4 Å². The number of carbonyl (C=O) groups excluding carboxylic acids is 1. The summed E-state index contributed by atoms with van der Waals surface area (Å²) in [6.07, 6.45) is 4.07. The van der Waals surface area contributed by atoms with Crippen LogP contribution in [0.2, 0.25) is 0 Å². The molecule has 3 aromatic rings. The molecule has 5 rings (SSSR count). The molecule has 1 aliphatic heterocycles. The number of aryl methyl sites for hydroxylation is 1. The lowest BCUT2D eigenvalue weighted by Crippen LogP contribution is -2.46. The fraction of sp³-hybridized carbons (Fsp3) is 0.520. The number of hydrogen-bond acceptors (Lipinski definition) is 5. The Morgan fingerprint density at radius 2 is 2.00 bits per heavy atom. The van der Waals surface area contributed by atoms with Crippen LogP contribution in [0.3, 0.4) is 0 Å². The first-order valence-corrected chi connectivity index (χ1v) is 13.1. The lowest BCUT2D eigenvalue weighted by Gasteiger charge is -2.36. The maximum absolute atomic E-state index is 13.0. The van der Waals surface area contributed by atoms with E-state index in [4.69, 9.17) is 0 Å². The van der Waals surface area contributed by atoms with Crippen molar-refractivity contribution in [2.75, 3.05) is 44.2 Å². The van der Waals surface area contributed by atoms with Gasteiger partial charge >= 0.3 is 6.18 Å². The van der Waals surface area contributed by atoms with Gasteiger partial charge in [0.2, 0.25) is 5.91 Å². The third-order valence-corrected chi connectivity index (χ3v) is 8.06. The molecule has 188 valence electrons. The van der Waals surface area contributed by atoms with Gasteiger partial charge in [-0.3, -0.25) is 9.69 Å². The lowest BCUT2D eigenvalue weighted by atomic mass is 10.1. The Kier molecular flexibility index (Phi) is 7.02. The molecule has 1 saturated carbocycles. The summed E-state index contributed by atoms with van der Waals surface area (Å²) in [7, 11) is 0. The molecule has 2 fully saturated rings. The van der Waals surface area contributed by atoms with Crippen LogP contribution in [-0.4, -0.2) is 59.6 Å². The van der Waals surface area contributed by atoms with Gasteiger partial charge in [0.25, 0.3) is 0 Å². The molecule has 0 unspecified atom stereocenters. The first-order valence-electron chi connectivity index (χ1n) is 12.2. The summed E-state index contributed by atoms with van der Waals surface area (Å²) in [4.78, 5) is 21.1. The molecule has 35 heavy (non-hydrogen) atoms. The maximum atomic E-state index is 13.0. The van der Waals surface area contributed by atoms with Gasteiger partial charge in [-0.15, -0.1) is 11.3 Å². The highest BCUT2D eigenvalue weighted by Gasteiger charge is 2.42. The SMILES string of the molecule is O=C(NCCCn1ccnc1)[C@H]1C[C@@H]1CCN1CCN(c2csc3cc(C(F)(F)F)ccc23)CC1. The number of aromatic nitrogens is 2. The number of nitrogens with one attached hydrogen (secondary N) is 1. The van der Waals surface area contributed by atoms with Crippen molar-refractivity contribution in [1.29, 1.82) is 0 Å². The predicted molar refractivity (Wildman–Crippen MR) is 132 cm³/mol. The molecule has 2 aliphatic rings. The van der Waals surface area contributed by atoms with E-state index in [9.17, 15) is 18.0 Å². The number of halogens is 3. The van der Waals surface area contributed by atoms with Gasteiger partial charge in [-0.2, -0.15) is 13.2 Å². The highest BCUT2D eigenvalue weighted by Crippen LogP contribution is 2.42. The second-order valence-corrected chi connectivity index (χ2v) is 10.4. The van der Waals surface area contributed by atoms with E-state index >= 15 is 0 Å². The van der Waals surface area contributed by atoms with Crippen molar-refractivity contribution in [3.8, 4) is 0 Å². The van der Waals surface area contributed by atoms with Crippen LogP contribution in [0.5, 0.6) is 0 Å². The highest BCUT2D eigenvalue weighted by atomic mass is 32.1. The molecule has 2 atom stereocenters. The van der Waals surface area contributed by atoms with Crippen LogP contribution in [0.1, 0.15) is 24.8 Å². The van der Waals surface area contributed by atoms with Crippen molar-refractivity contribution < 1.29 is 18.0 Å². The van der Waals surface area contributed by atoms with Crippen LogP contribution in [0.15, 0.2) is 42.3 Å². The molecule has 1 aromatic carbocycles. The Hall–Kier alpha value is -2.59. The van der Waals surface area contributed by atoms with E-state index in [1.54, 1.807) is 18.6 Å². The lowest BCUT2D eigenvalue weighted by molar-refractivity contribution is -0.137. The standard InChI is InChI=1S/C25H30F3N5OS/c26-25(27,28)19-2-3-20-22(16-35-23(20)15-19)33-12-10-31(11-13-33)8-4-18-14-21(18)24(34)30-5-1-7-32-9-6-29-17-32/h2-3,6,9,15-18,21H,1,4-5,7-8,10-14H2,(H,30,34)/t18-,21-/m0/s1. The van der Waals surface area contributed by atoms with E-state index in [0.717, 1.165) is 69.6 Å². The zero-order valence-electron chi connectivity index (χ0n) is 19.5. The van der Waals surface area contributed by atoms with Crippen LogP contribution in [0.25, 0.3) is 10.1 Å². The van der Waals surface area contributed by atoms with Gasteiger partial charge in [0.05, 0.1) is 17.6 Å². The number of rotatable bonds is 9. The molecule has 2 aromatic heterocycles. The van der Waals surface area contributed by atoms with E-state index in [1.165, 1.54) is 23.5 Å². The fourth-order valence-corrected chi connectivity index (χ4v) is 5.92. The Bertz CT molecular complexity index is 1140. The second kappa shape index (κ2) is 10.2. The van der Waals surface area contributed by atoms with Crippen molar-refractivity contribution in [3.63, 3.8) is 0 Å². The number of thiophene rings is 1. The molecule has 10 heteroatoms. The third-order valence-electron chi connectivity index (χ3n) is 7.12. The first kappa shape index (κ1) is 24.1. The first-order chi connectivity index (χ1) is 16.9. The zero-order chi connectivity index (χ0) is 24.4. The number of carbonyl (C=O) groups is 1. The van der Waals surface area contributed by atoms with Gasteiger partial charge < -0.3 is 14.8 Å². The van der Waals surface area contributed by atoms with Gasteiger partial charge in [-0.05, 0) is 43.9 Å².